The van der Waals surface area contributed by atoms with Gasteiger partial charge in [0.25, 0.3) is 0 Å². The van der Waals surface area contributed by atoms with Crippen LogP contribution >= 0.6 is 0 Å². The summed E-state index contributed by atoms with van der Waals surface area (Å²) in [6.07, 6.45) is -3.78. The van der Waals surface area contributed by atoms with Gasteiger partial charge in [0, 0.05) is 26.8 Å². The number of hydrogen-bond donors (Lipinski definition) is 0. The summed E-state index contributed by atoms with van der Waals surface area (Å²) in [5.74, 6) is 0.271. The van der Waals surface area contributed by atoms with Crippen LogP contribution in [0.5, 0.6) is 0 Å². The van der Waals surface area contributed by atoms with E-state index in [9.17, 15) is 18.0 Å². The van der Waals surface area contributed by atoms with E-state index in [0.717, 1.165) is 12.8 Å². The smallest absolute Gasteiger partial charge is 0.422 e. The highest BCUT2D eigenvalue weighted by atomic mass is 19.4. The molecular weight excluding hydrogens is 239 g/mol. The molecule has 0 atom stereocenters. The Morgan fingerprint density at radius 3 is 2.53 bits per heavy atom. The van der Waals surface area contributed by atoms with Gasteiger partial charge in [-0.3, -0.25) is 0 Å². The lowest BCUT2D eigenvalue weighted by Crippen LogP contribution is -2.36. The van der Waals surface area contributed by atoms with E-state index in [1.807, 2.05) is 0 Å². The summed E-state index contributed by atoms with van der Waals surface area (Å²) in [4.78, 5) is 12.4. The van der Waals surface area contributed by atoms with Gasteiger partial charge in [0.2, 0.25) is 0 Å². The third-order valence-corrected chi connectivity index (χ3v) is 2.54. The Labute approximate surface area is 97.7 Å². The van der Waals surface area contributed by atoms with Crippen molar-refractivity contribution in [1.29, 1.82) is 0 Å². The van der Waals surface area contributed by atoms with Gasteiger partial charge in [-0.25, -0.2) is 4.79 Å². The van der Waals surface area contributed by atoms with Crippen molar-refractivity contribution in [3.8, 4) is 0 Å². The molecule has 0 N–H and O–H groups in total. The molecule has 0 spiro atoms. The monoisotopic (exact) mass is 255 g/mol. The van der Waals surface area contributed by atoms with Gasteiger partial charge < -0.3 is 14.4 Å². The van der Waals surface area contributed by atoms with Crippen LogP contribution in [0.25, 0.3) is 0 Å². The van der Waals surface area contributed by atoms with Crippen molar-refractivity contribution in [1.82, 2.24) is 4.90 Å². The maximum Gasteiger partial charge on any atom is 0.422 e. The predicted octanol–water partition coefficient (Wildman–Crippen LogP) is 2.04. The van der Waals surface area contributed by atoms with Crippen molar-refractivity contribution in [2.75, 3.05) is 33.4 Å². The first kappa shape index (κ1) is 14.1. The number of hydrogen-bond acceptors (Lipinski definition) is 3. The van der Waals surface area contributed by atoms with Gasteiger partial charge >= 0.3 is 12.3 Å². The zero-order chi connectivity index (χ0) is 12.9. The topological polar surface area (TPSA) is 38.8 Å². The van der Waals surface area contributed by atoms with Crippen LogP contribution in [0.2, 0.25) is 0 Å². The van der Waals surface area contributed by atoms with Crippen molar-refractivity contribution in [3.63, 3.8) is 0 Å². The zero-order valence-corrected chi connectivity index (χ0v) is 9.63. The van der Waals surface area contributed by atoms with Crippen LogP contribution in [0, 0.1) is 5.92 Å². The second-order valence-corrected chi connectivity index (χ2v) is 4.11. The number of carbonyl (C=O) groups excluding carboxylic acids is 1. The van der Waals surface area contributed by atoms with Crippen LogP contribution in [-0.4, -0.2) is 50.6 Å². The molecule has 0 saturated carbocycles. The normalized spacial score (nSPS) is 17.9. The number of alkyl halides is 3. The number of rotatable bonds is 3. The molecule has 1 rings (SSSR count). The molecule has 0 radical (unpaired) electrons. The quantitative estimate of drug-likeness (QED) is 0.774. The van der Waals surface area contributed by atoms with E-state index in [0.29, 0.717) is 19.8 Å². The molecular formula is C10H16F3NO3. The molecule has 1 aliphatic rings. The molecule has 0 aromatic rings. The van der Waals surface area contributed by atoms with Gasteiger partial charge in [-0.05, 0) is 18.8 Å². The molecule has 1 amide bonds. The van der Waals surface area contributed by atoms with Gasteiger partial charge in [-0.1, -0.05) is 0 Å². The lowest BCUT2D eigenvalue weighted by atomic mass is 10.0. The second kappa shape index (κ2) is 6.09. The number of carbonyl (C=O) groups is 1. The third kappa shape index (κ3) is 5.76. The predicted molar refractivity (Wildman–Crippen MR) is 53.6 cm³/mol. The Bertz CT molecular complexity index is 252. The van der Waals surface area contributed by atoms with Crippen LogP contribution in [0.3, 0.4) is 0 Å². The average Bonchev–Trinajstić information content (AvgIpc) is 2.26. The zero-order valence-electron chi connectivity index (χ0n) is 9.63. The van der Waals surface area contributed by atoms with E-state index in [-0.39, 0.29) is 5.92 Å². The summed E-state index contributed by atoms with van der Waals surface area (Å²) < 4.78 is 44.8. The highest BCUT2D eigenvalue weighted by Crippen LogP contribution is 2.17. The number of ether oxygens (including phenoxy) is 2. The molecule has 1 heterocycles. The van der Waals surface area contributed by atoms with Crippen LogP contribution in [0.4, 0.5) is 18.0 Å². The summed E-state index contributed by atoms with van der Waals surface area (Å²) in [7, 11) is 1.44. The molecule has 1 saturated heterocycles. The van der Waals surface area contributed by atoms with E-state index in [1.165, 1.54) is 11.9 Å². The average molecular weight is 255 g/mol. The van der Waals surface area contributed by atoms with E-state index < -0.39 is 18.9 Å². The molecule has 0 aliphatic carbocycles. The molecule has 7 heteroatoms. The molecule has 0 aromatic carbocycles. The molecule has 0 bridgehead atoms. The Hall–Kier alpha value is -0.980. The first-order valence-corrected chi connectivity index (χ1v) is 5.41. The van der Waals surface area contributed by atoms with E-state index in [2.05, 4.69) is 4.74 Å². The van der Waals surface area contributed by atoms with Crippen LogP contribution in [0.1, 0.15) is 12.8 Å². The van der Waals surface area contributed by atoms with Gasteiger partial charge in [0.05, 0.1) is 0 Å². The number of amides is 1. The fourth-order valence-corrected chi connectivity index (χ4v) is 1.64. The molecule has 0 unspecified atom stereocenters. The maximum atomic E-state index is 11.8. The van der Waals surface area contributed by atoms with Crippen molar-refractivity contribution in [3.05, 3.63) is 0 Å². The van der Waals surface area contributed by atoms with Gasteiger partial charge in [-0.2, -0.15) is 13.2 Å². The molecule has 1 fully saturated rings. The Kier molecular flexibility index (Phi) is 5.04. The van der Waals surface area contributed by atoms with Gasteiger partial charge in [0.15, 0.2) is 6.61 Å². The minimum atomic E-state index is -4.48. The standard InChI is InChI=1S/C10H16F3NO3/c1-14(6-8-2-4-16-5-3-8)9(15)17-7-10(11,12)13/h8H,2-7H2,1H3. The fraction of sp³-hybridized carbons (Fsp3) is 0.900. The minimum Gasteiger partial charge on any atom is -0.440 e. The SMILES string of the molecule is CN(CC1CCOCC1)C(=O)OCC(F)(F)F. The summed E-state index contributed by atoms with van der Waals surface area (Å²) in [6.45, 7) is 0.135. The highest BCUT2D eigenvalue weighted by Gasteiger charge is 2.30. The molecule has 4 nitrogen and oxygen atoms in total. The third-order valence-electron chi connectivity index (χ3n) is 2.54. The van der Waals surface area contributed by atoms with Crippen molar-refractivity contribution in [2.45, 2.75) is 19.0 Å². The summed E-state index contributed by atoms with van der Waals surface area (Å²) >= 11 is 0. The minimum absolute atomic E-state index is 0.271. The van der Waals surface area contributed by atoms with Crippen molar-refractivity contribution < 1.29 is 27.4 Å². The van der Waals surface area contributed by atoms with Crippen molar-refractivity contribution >= 4 is 6.09 Å². The Morgan fingerprint density at radius 2 is 2.00 bits per heavy atom. The van der Waals surface area contributed by atoms with E-state index in [4.69, 9.17) is 4.74 Å². The lowest BCUT2D eigenvalue weighted by molar-refractivity contribution is -0.162. The Balaban J connectivity index is 2.26. The number of halogens is 3. The van der Waals surface area contributed by atoms with Crippen LogP contribution in [0.15, 0.2) is 0 Å². The van der Waals surface area contributed by atoms with Crippen LogP contribution in [-0.2, 0) is 9.47 Å². The molecule has 1 aliphatic heterocycles. The summed E-state index contributed by atoms with van der Waals surface area (Å²) in [5.41, 5.74) is 0. The van der Waals surface area contributed by atoms with Crippen LogP contribution < -0.4 is 0 Å². The second-order valence-electron chi connectivity index (χ2n) is 4.11. The van der Waals surface area contributed by atoms with Gasteiger partial charge in [-0.15, -0.1) is 0 Å². The lowest BCUT2D eigenvalue weighted by Gasteiger charge is -2.26. The fourth-order valence-electron chi connectivity index (χ4n) is 1.64. The van der Waals surface area contributed by atoms with Gasteiger partial charge in [0.1, 0.15) is 0 Å². The molecule has 100 valence electrons. The summed E-state index contributed by atoms with van der Waals surface area (Å²) in [5, 5.41) is 0. The largest absolute Gasteiger partial charge is 0.440 e. The van der Waals surface area contributed by atoms with E-state index >= 15 is 0 Å². The molecule has 0 aromatic heterocycles. The first-order chi connectivity index (χ1) is 7.88. The highest BCUT2D eigenvalue weighted by molar-refractivity contribution is 5.67. The summed E-state index contributed by atoms with van der Waals surface area (Å²) in [6, 6.07) is 0. The molecule has 17 heavy (non-hydrogen) atoms. The van der Waals surface area contributed by atoms with Crippen molar-refractivity contribution in [2.24, 2.45) is 5.92 Å². The van der Waals surface area contributed by atoms with E-state index in [1.54, 1.807) is 0 Å². The Morgan fingerprint density at radius 1 is 1.41 bits per heavy atom. The maximum absolute atomic E-state index is 11.8. The number of nitrogens with zero attached hydrogens (tertiary/aromatic N) is 1. The first-order valence-electron chi connectivity index (χ1n) is 5.41.